The maximum Gasteiger partial charge on any atom is 0.237 e. The highest BCUT2D eigenvalue weighted by atomic mass is 16.5. The molecule has 6 heteroatoms. The van der Waals surface area contributed by atoms with Gasteiger partial charge in [0.05, 0.1) is 18.7 Å². The molecule has 2 aliphatic rings. The largest absolute Gasteiger partial charge is 0.493 e. The van der Waals surface area contributed by atoms with E-state index < -0.39 is 0 Å². The molecule has 0 saturated carbocycles. The van der Waals surface area contributed by atoms with Gasteiger partial charge in [-0.1, -0.05) is 18.2 Å². The summed E-state index contributed by atoms with van der Waals surface area (Å²) in [4.78, 5) is 29.4. The lowest BCUT2D eigenvalue weighted by molar-refractivity contribution is -0.137. The van der Waals surface area contributed by atoms with E-state index >= 15 is 0 Å². The second-order valence-corrected chi connectivity index (χ2v) is 8.27. The smallest absolute Gasteiger partial charge is 0.237 e. The van der Waals surface area contributed by atoms with Gasteiger partial charge in [0.15, 0.2) is 0 Å². The Hall–Kier alpha value is -2.08. The molecule has 154 valence electrons. The molecule has 1 fully saturated rings. The van der Waals surface area contributed by atoms with Crippen LogP contribution in [-0.4, -0.2) is 60.4 Å². The van der Waals surface area contributed by atoms with Gasteiger partial charge in [0, 0.05) is 31.0 Å². The van der Waals surface area contributed by atoms with Crippen LogP contribution >= 0.6 is 0 Å². The molecule has 2 unspecified atom stereocenters. The first-order valence-electron chi connectivity index (χ1n) is 10.4. The molecule has 2 atom stereocenters. The Morgan fingerprint density at radius 2 is 1.82 bits per heavy atom. The summed E-state index contributed by atoms with van der Waals surface area (Å²) < 4.78 is 5.68. The van der Waals surface area contributed by atoms with Crippen LogP contribution in [0.25, 0.3) is 0 Å². The number of fused-ring (bicyclic) bond motifs is 1. The number of amides is 2. The van der Waals surface area contributed by atoms with Crippen molar-refractivity contribution in [2.75, 3.05) is 26.7 Å². The summed E-state index contributed by atoms with van der Waals surface area (Å²) in [7, 11) is 1.88. The number of rotatable bonds is 5. The second kappa shape index (κ2) is 8.95. The van der Waals surface area contributed by atoms with E-state index in [9.17, 15) is 9.59 Å². The number of nitrogens with zero attached hydrogens (tertiary/aromatic N) is 2. The number of para-hydroxylation sites is 1. The van der Waals surface area contributed by atoms with Gasteiger partial charge in [-0.25, -0.2) is 0 Å². The van der Waals surface area contributed by atoms with Crippen molar-refractivity contribution in [1.29, 1.82) is 0 Å². The molecule has 3 rings (SSSR count). The minimum absolute atomic E-state index is 0.00120. The van der Waals surface area contributed by atoms with Crippen molar-refractivity contribution >= 4 is 11.8 Å². The molecule has 0 spiro atoms. The SMILES string of the molecule is CC(C(=O)NC1CCOc2ccccc21)N1CCC(C(=O)N(C)C(C)C)CC1. The molecule has 2 heterocycles. The molecule has 6 nitrogen and oxygen atoms in total. The van der Waals surface area contributed by atoms with Crippen LogP contribution < -0.4 is 10.1 Å². The van der Waals surface area contributed by atoms with Crippen LogP contribution in [0.5, 0.6) is 5.75 Å². The van der Waals surface area contributed by atoms with Crippen LogP contribution in [0.3, 0.4) is 0 Å². The molecule has 0 bridgehead atoms. The summed E-state index contributed by atoms with van der Waals surface area (Å²) in [6, 6.07) is 7.92. The first-order valence-corrected chi connectivity index (χ1v) is 10.4. The summed E-state index contributed by atoms with van der Waals surface area (Å²) in [6.07, 6.45) is 2.41. The standard InChI is InChI=1S/C22H33N3O3/c1-15(2)24(4)22(27)17-9-12-25(13-10-17)16(3)21(26)23-19-11-14-28-20-8-6-5-7-18(19)20/h5-8,15-17,19H,9-14H2,1-4H3,(H,23,26). The second-order valence-electron chi connectivity index (χ2n) is 8.27. The van der Waals surface area contributed by atoms with E-state index in [4.69, 9.17) is 4.74 Å². The first kappa shape index (κ1) is 20.6. The Labute approximate surface area is 168 Å². The summed E-state index contributed by atoms with van der Waals surface area (Å²) in [5.41, 5.74) is 1.05. The average molecular weight is 388 g/mol. The molecule has 1 N–H and O–H groups in total. The number of benzene rings is 1. The van der Waals surface area contributed by atoms with Crippen molar-refractivity contribution in [3.05, 3.63) is 29.8 Å². The van der Waals surface area contributed by atoms with Crippen molar-refractivity contribution in [2.24, 2.45) is 5.92 Å². The number of hydrogen-bond acceptors (Lipinski definition) is 4. The third-order valence-electron chi connectivity index (χ3n) is 6.20. The molecule has 1 aromatic carbocycles. The number of hydrogen-bond donors (Lipinski definition) is 1. The number of carbonyl (C=O) groups is 2. The molecule has 2 amide bonds. The van der Waals surface area contributed by atoms with Crippen LogP contribution in [0.1, 0.15) is 51.6 Å². The normalized spacial score (nSPS) is 21.5. The number of likely N-dealkylation sites (tertiary alicyclic amines) is 1. The van der Waals surface area contributed by atoms with Crippen LogP contribution in [0.4, 0.5) is 0 Å². The van der Waals surface area contributed by atoms with Gasteiger partial charge in [-0.15, -0.1) is 0 Å². The minimum Gasteiger partial charge on any atom is -0.493 e. The van der Waals surface area contributed by atoms with E-state index in [0.717, 1.165) is 43.7 Å². The topological polar surface area (TPSA) is 61.9 Å². The fourth-order valence-electron chi connectivity index (χ4n) is 4.03. The summed E-state index contributed by atoms with van der Waals surface area (Å²) in [6.45, 7) is 8.21. The van der Waals surface area contributed by atoms with Crippen molar-refractivity contribution in [3.8, 4) is 5.75 Å². The third-order valence-corrected chi connectivity index (χ3v) is 6.20. The number of carbonyl (C=O) groups excluding carboxylic acids is 2. The summed E-state index contributed by atoms with van der Waals surface area (Å²) >= 11 is 0. The summed E-state index contributed by atoms with van der Waals surface area (Å²) in [5, 5.41) is 3.20. The maximum absolute atomic E-state index is 12.9. The minimum atomic E-state index is -0.200. The Kier molecular flexibility index (Phi) is 6.60. The van der Waals surface area contributed by atoms with Crippen LogP contribution in [0.2, 0.25) is 0 Å². The zero-order valence-electron chi connectivity index (χ0n) is 17.5. The van der Waals surface area contributed by atoms with E-state index in [2.05, 4.69) is 10.2 Å². The van der Waals surface area contributed by atoms with Gasteiger partial charge in [-0.05, 0) is 52.8 Å². The van der Waals surface area contributed by atoms with Crippen LogP contribution in [0, 0.1) is 5.92 Å². The molecule has 1 saturated heterocycles. The van der Waals surface area contributed by atoms with Crippen molar-refractivity contribution < 1.29 is 14.3 Å². The van der Waals surface area contributed by atoms with Crippen LogP contribution in [0.15, 0.2) is 24.3 Å². The van der Waals surface area contributed by atoms with E-state index in [0.29, 0.717) is 6.61 Å². The molecule has 0 radical (unpaired) electrons. The quantitative estimate of drug-likeness (QED) is 0.844. The van der Waals surface area contributed by atoms with Gasteiger partial charge in [-0.3, -0.25) is 14.5 Å². The van der Waals surface area contributed by atoms with Gasteiger partial charge in [0.25, 0.3) is 0 Å². The highest BCUT2D eigenvalue weighted by Crippen LogP contribution is 2.31. The highest BCUT2D eigenvalue weighted by molar-refractivity contribution is 5.82. The lowest BCUT2D eigenvalue weighted by Gasteiger charge is -2.37. The molecule has 0 aromatic heterocycles. The summed E-state index contributed by atoms with van der Waals surface area (Å²) in [5.74, 6) is 1.21. The molecular formula is C22H33N3O3. The predicted molar refractivity (Wildman–Crippen MR) is 109 cm³/mol. The average Bonchev–Trinajstić information content (AvgIpc) is 2.72. The lowest BCUT2D eigenvalue weighted by Crippen LogP contribution is -2.51. The van der Waals surface area contributed by atoms with Gasteiger partial charge >= 0.3 is 0 Å². The fourth-order valence-corrected chi connectivity index (χ4v) is 4.03. The van der Waals surface area contributed by atoms with Gasteiger partial charge in [-0.2, -0.15) is 0 Å². The number of nitrogens with one attached hydrogen (secondary N) is 1. The van der Waals surface area contributed by atoms with Crippen molar-refractivity contribution in [3.63, 3.8) is 0 Å². The Morgan fingerprint density at radius 3 is 2.50 bits per heavy atom. The van der Waals surface area contributed by atoms with Gasteiger partial charge in [0.2, 0.25) is 11.8 Å². The molecule has 1 aromatic rings. The Bertz CT molecular complexity index is 698. The molecule has 28 heavy (non-hydrogen) atoms. The predicted octanol–water partition coefficient (Wildman–Crippen LogP) is 2.59. The fraction of sp³-hybridized carbons (Fsp3) is 0.636. The van der Waals surface area contributed by atoms with Gasteiger partial charge in [0.1, 0.15) is 5.75 Å². The number of piperidine rings is 1. The van der Waals surface area contributed by atoms with E-state index in [-0.39, 0.29) is 35.9 Å². The van der Waals surface area contributed by atoms with Crippen LogP contribution in [-0.2, 0) is 9.59 Å². The zero-order valence-corrected chi connectivity index (χ0v) is 17.5. The Morgan fingerprint density at radius 1 is 1.14 bits per heavy atom. The number of ether oxygens (including phenoxy) is 1. The van der Waals surface area contributed by atoms with E-state index in [1.54, 1.807) is 0 Å². The zero-order chi connectivity index (χ0) is 20.3. The molecule has 0 aliphatic carbocycles. The highest BCUT2D eigenvalue weighted by Gasteiger charge is 2.32. The molecular weight excluding hydrogens is 354 g/mol. The third kappa shape index (κ3) is 4.49. The monoisotopic (exact) mass is 387 g/mol. The Balaban J connectivity index is 1.54. The first-order chi connectivity index (χ1) is 13.4. The van der Waals surface area contributed by atoms with Gasteiger partial charge < -0.3 is 15.0 Å². The molecule has 2 aliphatic heterocycles. The lowest BCUT2D eigenvalue weighted by atomic mass is 9.94. The van der Waals surface area contributed by atoms with E-state index in [1.807, 2.05) is 57.0 Å². The van der Waals surface area contributed by atoms with Crippen molar-refractivity contribution in [2.45, 2.75) is 58.2 Å². The van der Waals surface area contributed by atoms with Crippen molar-refractivity contribution in [1.82, 2.24) is 15.1 Å². The van der Waals surface area contributed by atoms with E-state index in [1.165, 1.54) is 0 Å². The maximum atomic E-state index is 12.9.